The number of amides is 2. The molecule has 7 aromatic rings. The molecule has 0 aliphatic rings. The fourth-order valence-electron chi connectivity index (χ4n) is 6.79. The number of carboxylic acids is 1. The Morgan fingerprint density at radius 1 is 0.456 bits per heavy atom. The maximum Gasteiger partial charge on any atom is 0.530 e. The number of hydrogen-bond donors (Lipinski definition) is 3. The summed E-state index contributed by atoms with van der Waals surface area (Å²) < 4.78 is 50.1. The lowest BCUT2D eigenvalue weighted by Gasteiger charge is -2.23. The quantitative estimate of drug-likeness (QED) is 0.0493. The third kappa shape index (κ3) is 15.5. The van der Waals surface area contributed by atoms with Crippen molar-refractivity contribution in [2.45, 2.75) is 58.0 Å². The van der Waals surface area contributed by atoms with Crippen LogP contribution in [0.4, 0.5) is 4.79 Å². The van der Waals surface area contributed by atoms with E-state index < -0.39 is 37.9 Å². The summed E-state index contributed by atoms with van der Waals surface area (Å²) in [6.45, 7) is 0.195. The molecule has 14 heteroatoms. The van der Waals surface area contributed by atoms with E-state index in [2.05, 4.69) is 10.6 Å². The lowest BCUT2D eigenvalue weighted by molar-refractivity contribution is -0.142. The van der Waals surface area contributed by atoms with Gasteiger partial charge in [-0.1, -0.05) is 170 Å². The molecular weight excluding hydrogens is 884 g/mol. The van der Waals surface area contributed by atoms with E-state index in [1.807, 2.05) is 127 Å². The topological polar surface area (TPSA) is 168 Å². The molecule has 0 aliphatic carbocycles. The van der Waals surface area contributed by atoms with Crippen LogP contribution in [-0.4, -0.2) is 35.2 Å². The highest BCUT2D eigenvalue weighted by Gasteiger charge is 2.32. The summed E-state index contributed by atoms with van der Waals surface area (Å²) in [5.41, 5.74) is 5.11. The SMILES string of the molecule is O=C(N[C@@H](Cc1ccc(OP(=O)(OCc2ccccc2)OCc2ccccc2)c(OCc2ccccc2)c1)C(=O)N[C@@H](Cc1ccc(OCc2ccccc2)cc1)C(=O)O)OCc1ccccc1. The fraction of sp³-hybridized carbons (Fsp3) is 0.167. The minimum Gasteiger partial charge on any atom is -0.489 e. The van der Waals surface area contributed by atoms with Crippen LogP contribution in [0.15, 0.2) is 194 Å². The van der Waals surface area contributed by atoms with Crippen molar-refractivity contribution in [2.24, 2.45) is 0 Å². The number of hydrogen-bond acceptors (Lipinski definition) is 10. The van der Waals surface area contributed by atoms with E-state index in [0.29, 0.717) is 23.5 Å². The molecule has 7 rings (SSSR count). The van der Waals surface area contributed by atoms with E-state index in [4.69, 9.17) is 27.8 Å². The standard InChI is InChI=1S/C54H51N2O11P/c57-52(55-49(53(58)59)32-40-26-29-47(30-27-40)62-35-41-16-6-1-7-17-41)48(56-54(60)64-37-43-20-10-3-11-21-43)33-46-28-31-50(51(34-46)63-36-42-18-8-2-9-19-42)67-68(61,65-38-44-22-12-4-13-23-44)66-39-45-24-14-5-15-25-45/h1-31,34,48-49H,32-33,35-39H2,(H,55,57)(H,56,60)(H,58,59)/t48-,49-/m0/s1. The first-order valence-corrected chi connectivity index (χ1v) is 23.3. The number of carbonyl (C=O) groups excluding carboxylic acids is 2. The van der Waals surface area contributed by atoms with E-state index in [-0.39, 0.29) is 50.8 Å². The molecule has 0 aliphatic heterocycles. The smallest absolute Gasteiger partial charge is 0.489 e. The molecule has 7 aromatic carbocycles. The van der Waals surface area contributed by atoms with Crippen molar-refractivity contribution in [1.82, 2.24) is 10.6 Å². The van der Waals surface area contributed by atoms with Gasteiger partial charge in [0, 0.05) is 12.8 Å². The number of nitrogens with one attached hydrogen (secondary N) is 2. The Morgan fingerprint density at radius 3 is 1.40 bits per heavy atom. The molecule has 0 spiro atoms. The fourth-order valence-corrected chi connectivity index (χ4v) is 7.98. The van der Waals surface area contributed by atoms with Crippen LogP contribution in [0.25, 0.3) is 0 Å². The number of carbonyl (C=O) groups is 3. The Bertz CT molecular complexity index is 2670. The van der Waals surface area contributed by atoms with Gasteiger partial charge in [-0.05, 0) is 63.2 Å². The van der Waals surface area contributed by atoms with Crippen molar-refractivity contribution >= 4 is 25.8 Å². The van der Waals surface area contributed by atoms with Gasteiger partial charge >= 0.3 is 19.9 Å². The first-order chi connectivity index (χ1) is 33.2. The summed E-state index contributed by atoms with van der Waals surface area (Å²) in [5.74, 6) is -1.31. The van der Waals surface area contributed by atoms with E-state index in [0.717, 1.165) is 27.8 Å². The summed E-state index contributed by atoms with van der Waals surface area (Å²) in [4.78, 5) is 40.1. The molecule has 2 atom stereocenters. The van der Waals surface area contributed by atoms with E-state index in [1.165, 1.54) is 6.07 Å². The van der Waals surface area contributed by atoms with Crippen LogP contribution in [0, 0.1) is 0 Å². The summed E-state index contributed by atoms with van der Waals surface area (Å²) in [7, 11) is -4.36. The summed E-state index contributed by atoms with van der Waals surface area (Å²) in [5, 5.41) is 15.6. The average Bonchev–Trinajstić information content (AvgIpc) is 3.37. The minimum absolute atomic E-state index is 0.0211. The Balaban J connectivity index is 1.12. The largest absolute Gasteiger partial charge is 0.530 e. The molecule has 2 amide bonds. The summed E-state index contributed by atoms with van der Waals surface area (Å²) in [6.07, 6.45) is -1.12. The van der Waals surface area contributed by atoms with Gasteiger partial charge in [0.15, 0.2) is 11.5 Å². The minimum atomic E-state index is -4.36. The second kappa shape index (κ2) is 24.7. The molecule has 0 bridgehead atoms. The molecule has 13 nitrogen and oxygen atoms in total. The predicted molar refractivity (Wildman–Crippen MR) is 256 cm³/mol. The Hall–Kier alpha value is -7.70. The Labute approximate surface area is 395 Å². The van der Waals surface area contributed by atoms with Gasteiger partial charge in [-0.2, -0.15) is 0 Å². The molecule has 0 heterocycles. The van der Waals surface area contributed by atoms with Crippen LogP contribution >= 0.6 is 7.82 Å². The van der Waals surface area contributed by atoms with Gasteiger partial charge in [0.1, 0.15) is 37.7 Å². The number of alkyl carbamates (subject to hydrolysis) is 1. The highest BCUT2D eigenvalue weighted by atomic mass is 31.2. The maximum atomic E-state index is 14.5. The zero-order valence-electron chi connectivity index (χ0n) is 37.1. The summed E-state index contributed by atoms with van der Waals surface area (Å²) in [6, 6.07) is 55.3. The number of benzene rings is 7. The van der Waals surface area contributed by atoms with Crippen molar-refractivity contribution < 1.29 is 51.8 Å². The molecular formula is C54H51N2O11P. The normalized spacial score (nSPS) is 11.9. The van der Waals surface area contributed by atoms with Crippen molar-refractivity contribution in [1.29, 1.82) is 0 Å². The molecule has 68 heavy (non-hydrogen) atoms. The van der Waals surface area contributed by atoms with Crippen molar-refractivity contribution in [3.8, 4) is 17.2 Å². The number of phosphoric ester groups is 1. The Morgan fingerprint density at radius 2 is 0.897 bits per heavy atom. The second-order valence-corrected chi connectivity index (χ2v) is 17.2. The molecule has 348 valence electrons. The number of rotatable bonds is 24. The van der Waals surface area contributed by atoms with Crippen molar-refractivity contribution in [2.75, 3.05) is 0 Å². The third-order valence-corrected chi connectivity index (χ3v) is 11.7. The molecule has 0 aromatic heterocycles. The molecule has 0 saturated carbocycles. The number of ether oxygens (including phenoxy) is 3. The van der Waals surface area contributed by atoms with E-state index in [1.54, 1.807) is 60.7 Å². The van der Waals surface area contributed by atoms with Gasteiger partial charge in [0.2, 0.25) is 5.91 Å². The zero-order valence-corrected chi connectivity index (χ0v) is 38.0. The van der Waals surface area contributed by atoms with Gasteiger partial charge in [-0.25, -0.2) is 14.2 Å². The van der Waals surface area contributed by atoms with Gasteiger partial charge in [0.25, 0.3) is 0 Å². The molecule has 0 saturated heterocycles. The third-order valence-electron chi connectivity index (χ3n) is 10.4. The zero-order chi connectivity index (χ0) is 47.4. The van der Waals surface area contributed by atoms with E-state index in [9.17, 15) is 24.1 Å². The highest BCUT2D eigenvalue weighted by Crippen LogP contribution is 2.53. The Kier molecular flexibility index (Phi) is 17.5. The number of phosphoric acid groups is 1. The number of aliphatic carboxylic acids is 1. The first kappa shape index (κ1) is 48.2. The molecule has 0 unspecified atom stereocenters. The molecule has 0 radical (unpaired) electrons. The molecule has 0 fully saturated rings. The monoisotopic (exact) mass is 934 g/mol. The van der Waals surface area contributed by atoms with Crippen LogP contribution in [0.1, 0.15) is 38.9 Å². The van der Waals surface area contributed by atoms with Gasteiger partial charge < -0.3 is 34.5 Å². The van der Waals surface area contributed by atoms with Crippen LogP contribution in [-0.2, 0) is 73.8 Å². The van der Waals surface area contributed by atoms with Gasteiger partial charge in [-0.3, -0.25) is 13.8 Å². The second-order valence-electron chi connectivity index (χ2n) is 15.6. The number of carboxylic acid groups (broad SMARTS) is 1. The van der Waals surface area contributed by atoms with E-state index >= 15 is 0 Å². The highest BCUT2D eigenvalue weighted by molar-refractivity contribution is 7.48. The lowest BCUT2D eigenvalue weighted by Crippen LogP contribution is -2.53. The lowest BCUT2D eigenvalue weighted by atomic mass is 10.0. The van der Waals surface area contributed by atoms with Gasteiger partial charge in [-0.15, -0.1) is 0 Å². The first-order valence-electron chi connectivity index (χ1n) is 21.9. The van der Waals surface area contributed by atoms with Gasteiger partial charge in [0.05, 0.1) is 13.2 Å². The average molecular weight is 935 g/mol. The van der Waals surface area contributed by atoms with Crippen molar-refractivity contribution in [3.63, 3.8) is 0 Å². The summed E-state index contributed by atoms with van der Waals surface area (Å²) >= 11 is 0. The van der Waals surface area contributed by atoms with Crippen LogP contribution in [0.5, 0.6) is 17.2 Å². The molecule has 3 N–H and O–H groups in total. The van der Waals surface area contributed by atoms with Crippen molar-refractivity contribution in [3.05, 3.63) is 233 Å². The van der Waals surface area contributed by atoms with Crippen LogP contribution < -0.4 is 24.6 Å². The van der Waals surface area contributed by atoms with Crippen LogP contribution in [0.3, 0.4) is 0 Å². The predicted octanol–water partition coefficient (Wildman–Crippen LogP) is 10.4. The van der Waals surface area contributed by atoms with Crippen LogP contribution in [0.2, 0.25) is 0 Å². The maximum absolute atomic E-state index is 14.5.